The highest BCUT2D eigenvalue weighted by Gasteiger charge is 2.34. The van der Waals surface area contributed by atoms with E-state index < -0.39 is 84.0 Å². The van der Waals surface area contributed by atoms with Crippen molar-refractivity contribution in [3.8, 4) is 0 Å². The molecule has 0 unspecified atom stereocenters. The molecule has 3 rings (SSSR count). The summed E-state index contributed by atoms with van der Waals surface area (Å²) in [5.41, 5.74) is 17.9. The number of hydrogen-bond donors (Lipinski definition) is 9. The molecule has 0 spiro atoms. The van der Waals surface area contributed by atoms with E-state index in [1.54, 1.807) is 60.7 Å². The first kappa shape index (κ1) is 51.2. The SMILES string of the molecule is CSCC[C@H](NC(=O)[C@H](CC(C)C)NC(=O)CN1CCNC(=O)CCC(=O)N[C@@H](CCCN=C(N)N)C(=O)N[C@H](Cc2ccccc2)C(=O)N[C@@H](Cc2ccccc2)C1=O)C(N)=O. The average molecular weight is 894 g/mol. The fourth-order valence-corrected chi connectivity index (χ4v) is 7.21. The molecule has 19 nitrogen and oxygen atoms in total. The fourth-order valence-electron chi connectivity index (χ4n) is 6.74. The Morgan fingerprint density at radius 3 is 1.97 bits per heavy atom. The van der Waals surface area contributed by atoms with Crippen LogP contribution in [-0.4, -0.2) is 127 Å². The minimum atomic E-state index is -1.29. The monoisotopic (exact) mass is 893 g/mol. The first-order valence-electron chi connectivity index (χ1n) is 21.0. The number of hydrogen-bond acceptors (Lipinski definition) is 10. The van der Waals surface area contributed by atoms with Crippen LogP contribution in [-0.2, 0) is 51.2 Å². The highest BCUT2D eigenvalue weighted by molar-refractivity contribution is 7.98. The van der Waals surface area contributed by atoms with E-state index >= 15 is 0 Å². The van der Waals surface area contributed by atoms with Crippen molar-refractivity contribution in [2.45, 2.75) is 95.4 Å². The van der Waals surface area contributed by atoms with Crippen molar-refractivity contribution in [1.29, 1.82) is 0 Å². The zero-order valence-electron chi connectivity index (χ0n) is 36.2. The van der Waals surface area contributed by atoms with Crippen molar-refractivity contribution in [1.82, 2.24) is 36.8 Å². The maximum Gasteiger partial charge on any atom is 0.246 e. The van der Waals surface area contributed by atoms with Gasteiger partial charge < -0.3 is 54.0 Å². The van der Waals surface area contributed by atoms with Gasteiger partial charge in [-0.3, -0.25) is 43.3 Å². The number of benzene rings is 2. The van der Waals surface area contributed by atoms with Gasteiger partial charge in [0, 0.05) is 45.3 Å². The van der Waals surface area contributed by atoms with Crippen molar-refractivity contribution >= 4 is 65.0 Å². The van der Waals surface area contributed by atoms with Gasteiger partial charge in [0.25, 0.3) is 0 Å². The highest BCUT2D eigenvalue weighted by Crippen LogP contribution is 2.12. The molecule has 1 heterocycles. The minimum absolute atomic E-state index is 0.0110. The first-order chi connectivity index (χ1) is 30.1. The Hall–Kier alpha value is -6.18. The Kier molecular flexibility index (Phi) is 21.9. The van der Waals surface area contributed by atoms with Crippen LogP contribution < -0.4 is 49.1 Å². The number of carbonyl (C=O) groups is 8. The van der Waals surface area contributed by atoms with Crippen LogP contribution in [0, 0.1) is 5.92 Å². The molecule has 8 amide bonds. The molecule has 1 aliphatic heterocycles. The van der Waals surface area contributed by atoms with Gasteiger partial charge in [0.05, 0.1) is 6.54 Å². The second kappa shape index (κ2) is 27.0. The third kappa shape index (κ3) is 19.2. The third-order valence-corrected chi connectivity index (χ3v) is 10.6. The smallest absolute Gasteiger partial charge is 0.246 e. The number of aliphatic imine (C=N–C) groups is 1. The van der Waals surface area contributed by atoms with Gasteiger partial charge in [-0.05, 0) is 54.7 Å². The molecule has 0 saturated carbocycles. The number of carbonyl (C=O) groups excluding carboxylic acids is 8. The number of guanidine groups is 1. The van der Waals surface area contributed by atoms with Crippen LogP contribution in [0.25, 0.3) is 0 Å². The maximum absolute atomic E-state index is 14.7. The molecule has 20 heteroatoms. The van der Waals surface area contributed by atoms with Gasteiger partial charge in [-0.1, -0.05) is 74.5 Å². The molecule has 1 fully saturated rings. The molecule has 12 N–H and O–H groups in total. The summed E-state index contributed by atoms with van der Waals surface area (Å²) in [6.45, 7) is 2.95. The molecular formula is C43H63N11O8S. The molecule has 0 aromatic heterocycles. The minimum Gasteiger partial charge on any atom is -0.370 e. The number of nitrogens with one attached hydrogen (secondary N) is 6. The number of nitrogens with zero attached hydrogens (tertiary/aromatic N) is 2. The van der Waals surface area contributed by atoms with Gasteiger partial charge in [0.15, 0.2) is 5.96 Å². The van der Waals surface area contributed by atoms with Crippen LogP contribution in [0.3, 0.4) is 0 Å². The molecule has 5 atom stereocenters. The second-order valence-corrected chi connectivity index (χ2v) is 16.7. The lowest BCUT2D eigenvalue weighted by atomic mass is 10.0. The normalized spacial score (nSPS) is 19.0. The molecule has 0 radical (unpaired) electrons. The highest BCUT2D eigenvalue weighted by atomic mass is 32.2. The lowest BCUT2D eigenvalue weighted by Gasteiger charge is -2.30. The van der Waals surface area contributed by atoms with Crippen LogP contribution in [0.1, 0.15) is 63.5 Å². The van der Waals surface area contributed by atoms with E-state index in [0.29, 0.717) is 23.3 Å². The summed E-state index contributed by atoms with van der Waals surface area (Å²) in [4.78, 5) is 114. The average Bonchev–Trinajstić information content (AvgIpc) is 3.24. The predicted octanol–water partition coefficient (Wildman–Crippen LogP) is -1.03. The van der Waals surface area contributed by atoms with E-state index in [1.165, 1.54) is 16.7 Å². The van der Waals surface area contributed by atoms with Crippen molar-refractivity contribution in [3.05, 3.63) is 71.8 Å². The third-order valence-electron chi connectivity index (χ3n) is 9.97. The zero-order chi connectivity index (χ0) is 46.3. The Morgan fingerprint density at radius 2 is 1.38 bits per heavy atom. The Bertz CT molecular complexity index is 1880. The summed E-state index contributed by atoms with van der Waals surface area (Å²) in [5.74, 6) is -4.93. The summed E-state index contributed by atoms with van der Waals surface area (Å²) in [7, 11) is 0. The molecule has 2 aromatic rings. The summed E-state index contributed by atoms with van der Waals surface area (Å²) in [6.07, 6.45) is 2.17. The van der Waals surface area contributed by atoms with Crippen LogP contribution in [0.5, 0.6) is 0 Å². The molecule has 1 saturated heterocycles. The molecule has 2 aromatic carbocycles. The van der Waals surface area contributed by atoms with Gasteiger partial charge >= 0.3 is 0 Å². The van der Waals surface area contributed by atoms with Crippen molar-refractivity contribution < 1.29 is 38.4 Å². The maximum atomic E-state index is 14.7. The molecule has 0 bridgehead atoms. The fraction of sp³-hybridized carbons (Fsp3) is 0.512. The zero-order valence-corrected chi connectivity index (χ0v) is 37.0. The molecule has 1 aliphatic rings. The van der Waals surface area contributed by atoms with Crippen LogP contribution >= 0.6 is 11.8 Å². The van der Waals surface area contributed by atoms with Gasteiger partial charge in [0.1, 0.15) is 30.2 Å². The lowest BCUT2D eigenvalue weighted by Crippen LogP contribution is -2.59. The number of primary amides is 1. The van der Waals surface area contributed by atoms with Gasteiger partial charge in [-0.2, -0.15) is 11.8 Å². The quantitative estimate of drug-likeness (QED) is 0.0467. The number of rotatable bonds is 19. The predicted molar refractivity (Wildman–Crippen MR) is 240 cm³/mol. The molecule has 0 aliphatic carbocycles. The van der Waals surface area contributed by atoms with E-state index in [-0.39, 0.29) is 76.5 Å². The first-order valence-corrected chi connectivity index (χ1v) is 22.4. The second-order valence-electron chi connectivity index (χ2n) is 15.7. The summed E-state index contributed by atoms with van der Waals surface area (Å²) >= 11 is 1.48. The van der Waals surface area contributed by atoms with Crippen molar-refractivity contribution in [2.75, 3.05) is 38.2 Å². The van der Waals surface area contributed by atoms with E-state index in [2.05, 4.69) is 36.9 Å². The number of nitrogens with two attached hydrogens (primary N) is 3. The largest absolute Gasteiger partial charge is 0.370 e. The Balaban J connectivity index is 2.02. The van der Waals surface area contributed by atoms with Gasteiger partial charge in [-0.25, -0.2) is 0 Å². The summed E-state index contributed by atoms with van der Waals surface area (Å²) < 4.78 is 0. The van der Waals surface area contributed by atoms with E-state index in [0.717, 1.165) is 0 Å². The van der Waals surface area contributed by atoms with E-state index in [9.17, 15) is 38.4 Å². The van der Waals surface area contributed by atoms with Crippen molar-refractivity contribution in [2.24, 2.45) is 28.1 Å². The van der Waals surface area contributed by atoms with Crippen molar-refractivity contribution in [3.63, 3.8) is 0 Å². The van der Waals surface area contributed by atoms with Crippen LogP contribution in [0.2, 0.25) is 0 Å². The van der Waals surface area contributed by atoms with Crippen LogP contribution in [0.4, 0.5) is 0 Å². The number of amides is 8. The van der Waals surface area contributed by atoms with Gasteiger partial charge in [-0.15, -0.1) is 0 Å². The van der Waals surface area contributed by atoms with Crippen LogP contribution in [0.15, 0.2) is 65.7 Å². The Labute approximate surface area is 372 Å². The van der Waals surface area contributed by atoms with Gasteiger partial charge in [0.2, 0.25) is 47.3 Å². The summed E-state index contributed by atoms with van der Waals surface area (Å²) in [6, 6.07) is 12.1. The lowest BCUT2D eigenvalue weighted by molar-refractivity contribution is -0.140. The number of thioether (sulfide) groups is 1. The molecule has 63 heavy (non-hydrogen) atoms. The van der Waals surface area contributed by atoms with E-state index in [1.807, 2.05) is 20.1 Å². The standard InChI is InChI=1S/C43H63N11O8S/c1-27(2)23-32(40(60)51-30(38(44)58)18-22-63-3)50-37(57)26-54-21-20-47-35(55)16-17-36(56)49-31(15-10-19-48-43(45)46)39(59)52-33(24-28-11-6-4-7-12-28)41(61)53-34(42(54)62)25-29-13-8-5-9-14-29/h4-9,11-14,27,30-34H,10,15-26H2,1-3H3,(H2,44,58)(H,47,55)(H,49,56)(H,50,57)(H,51,60)(H,52,59)(H,53,61)(H4,45,46,48)/t30-,31-,32-,33+,34-/m0/s1. The molecular weight excluding hydrogens is 831 g/mol. The molecule has 344 valence electrons. The Morgan fingerprint density at radius 1 is 0.794 bits per heavy atom. The summed E-state index contributed by atoms with van der Waals surface area (Å²) in [5, 5.41) is 16.3. The van der Waals surface area contributed by atoms with E-state index in [4.69, 9.17) is 17.2 Å². The topological polar surface area (TPSA) is 302 Å².